The van der Waals surface area contributed by atoms with Gasteiger partial charge < -0.3 is 14.7 Å². The van der Waals surface area contributed by atoms with E-state index < -0.39 is 0 Å². The van der Waals surface area contributed by atoms with E-state index in [2.05, 4.69) is 9.36 Å². The summed E-state index contributed by atoms with van der Waals surface area (Å²) in [5.74, 6) is 0.432. The zero-order valence-corrected chi connectivity index (χ0v) is 16.2. The predicted molar refractivity (Wildman–Crippen MR) is 101 cm³/mol. The zero-order valence-electron chi connectivity index (χ0n) is 15.4. The maximum atomic E-state index is 13.0. The minimum absolute atomic E-state index is 0.0102. The Morgan fingerprint density at radius 2 is 1.78 bits per heavy atom. The number of anilines is 1. The number of amides is 2. The molecule has 2 heterocycles. The molecule has 0 unspecified atom stereocenters. The maximum Gasteiger partial charge on any atom is 0.242 e. The van der Waals surface area contributed by atoms with Gasteiger partial charge in [0.05, 0.1) is 6.54 Å². The smallest absolute Gasteiger partial charge is 0.242 e. The monoisotopic (exact) mass is 391 g/mol. The third-order valence-electron chi connectivity index (χ3n) is 4.51. The zero-order chi connectivity index (χ0) is 19.4. The van der Waals surface area contributed by atoms with Gasteiger partial charge in [-0.3, -0.25) is 9.59 Å². The Morgan fingerprint density at radius 1 is 1.15 bits per heavy atom. The Balaban J connectivity index is 1.53. The Bertz CT molecular complexity index is 802. The van der Waals surface area contributed by atoms with E-state index in [1.807, 2.05) is 7.05 Å². The van der Waals surface area contributed by atoms with Crippen LogP contribution in [-0.4, -0.2) is 70.7 Å². The van der Waals surface area contributed by atoms with Crippen molar-refractivity contribution in [3.8, 4) is 0 Å². The summed E-state index contributed by atoms with van der Waals surface area (Å²) in [4.78, 5) is 33.6. The van der Waals surface area contributed by atoms with E-state index in [9.17, 15) is 14.0 Å². The van der Waals surface area contributed by atoms with Gasteiger partial charge in [0.25, 0.3) is 0 Å². The molecule has 2 aromatic rings. The summed E-state index contributed by atoms with van der Waals surface area (Å²) < 4.78 is 17.3. The van der Waals surface area contributed by atoms with Crippen LogP contribution in [-0.2, 0) is 16.0 Å². The number of hydrogen-bond acceptors (Lipinski definition) is 6. The van der Waals surface area contributed by atoms with E-state index in [0.717, 1.165) is 5.56 Å². The van der Waals surface area contributed by atoms with Crippen LogP contribution < -0.4 is 4.90 Å². The number of nitrogens with zero attached hydrogens (tertiary/aromatic N) is 5. The molecule has 1 saturated heterocycles. The van der Waals surface area contributed by atoms with Gasteiger partial charge in [0, 0.05) is 58.1 Å². The number of rotatable bonds is 5. The van der Waals surface area contributed by atoms with Crippen LogP contribution in [0.5, 0.6) is 0 Å². The van der Waals surface area contributed by atoms with Crippen LogP contribution >= 0.6 is 11.5 Å². The SMILES string of the molecule is CC(=O)N1CCN(C(=O)CN(C)c2nc(Cc3ccc(F)cc3)ns2)CC1. The molecule has 144 valence electrons. The van der Waals surface area contributed by atoms with Gasteiger partial charge in [-0.25, -0.2) is 9.37 Å². The second-order valence-electron chi connectivity index (χ2n) is 6.54. The normalized spacial score (nSPS) is 14.3. The van der Waals surface area contributed by atoms with Crippen molar-refractivity contribution in [3.63, 3.8) is 0 Å². The Labute approximate surface area is 161 Å². The molecule has 0 spiro atoms. The van der Waals surface area contributed by atoms with Gasteiger partial charge in [-0.2, -0.15) is 4.37 Å². The van der Waals surface area contributed by atoms with Gasteiger partial charge in [0.1, 0.15) is 11.6 Å². The summed E-state index contributed by atoms with van der Waals surface area (Å²) in [6, 6.07) is 6.26. The number of likely N-dealkylation sites (N-methyl/N-ethyl adjacent to an activating group) is 1. The second kappa shape index (κ2) is 8.43. The first-order chi connectivity index (χ1) is 12.9. The van der Waals surface area contributed by atoms with Gasteiger partial charge in [-0.05, 0) is 17.7 Å². The molecule has 0 radical (unpaired) electrons. The number of halogens is 1. The number of aromatic nitrogens is 2. The van der Waals surface area contributed by atoms with Gasteiger partial charge in [-0.1, -0.05) is 12.1 Å². The van der Waals surface area contributed by atoms with E-state index >= 15 is 0 Å². The fourth-order valence-electron chi connectivity index (χ4n) is 2.90. The first-order valence-electron chi connectivity index (χ1n) is 8.74. The van der Waals surface area contributed by atoms with Crippen molar-refractivity contribution in [2.75, 3.05) is 44.7 Å². The van der Waals surface area contributed by atoms with Crippen molar-refractivity contribution in [3.05, 3.63) is 41.5 Å². The highest BCUT2D eigenvalue weighted by molar-refractivity contribution is 7.09. The van der Waals surface area contributed by atoms with Crippen LogP contribution in [0, 0.1) is 5.82 Å². The Kier molecular flexibility index (Phi) is 6.00. The fraction of sp³-hybridized carbons (Fsp3) is 0.444. The highest BCUT2D eigenvalue weighted by atomic mass is 32.1. The molecule has 0 N–H and O–H groups in total. The van der Waals surface area contributed by atoms with Gasteiger partial charge >= 0.3 is 0 Å². The van der Waals surface area contributed by atoms with Gasteiger partial charge in [-0.15, -0.1) is 0 Å². The molecule has 0 saturated carbocycles. The Morgan fingerprint density at radius 3 is 2.41 bits per heavy atom. The molecule has 1 aliphatic rings. The van der Waals surface area contributed by atoms with Crippen molar-refractivity contribution in [2.45, 2.75) is 13.3 Å². The van der Waals surface area contributed by atoms with Crippen molar-refractivity contribution >= 4 is 28.5 Å². The first kappa shape index (κ1) is 19.2. The Hall–Kier alpha value is -2.55. The fourth-order valence-corrected chi connectivity index (χ4v) is 3.54. The highest BCUT2D eigenvalue weighted by Crippen LogP contribution is 2.18. The second-order valence-corrected chi connectivity index (χ2v) is 7.27. The standard InChI is InChI=1S/C18H22FN5O2S/c1-13(25)23-7-9-24(10-8-23)17(26)12-22(2)18-20-16(21-27-18)11-14-3-5-15(19)6-4-14/h3-6H,7-12H2,1-2H3. The van der Waals surface area contributed by atoms with Crippen LogP contribution in [0.25, 0.3) is 0 Å². The van der Waals surface area contributed by atoms with E-state index in [1.54, 1.807) is 33.8 Å². The lowest BCUT2D eigenvalue weighted by molar-refractivity contribution is -0.137. The van der Waals surface area contributed by atoms with Gasteiger partial charge in [0.15, 0.2) is 0 Å². The molecule has 1 aromatic heterocycles. The molecule has 0 aliphatic carbocycles. The third-order valence-corrected chi connectivity index (χ3v) is 5.38. The van der Waals surface area contributed by atoms with E-state index in [4.69, 9.17) is 0 Å². The molecular weight excluding hydrogens is 369 g/mol. The van der Waals surface area contributed by atoms with Crippen LogP contribution in [0.2, 0.25) is 0 Å². The minimum Gasteiger partial charge on any atom is -0.341 e. The van der Waals surface area contributed by atoms with Crippen molar-refractivity contribution < 1.29 is 14.0 Å². The molecule has 0 bridgehead atoms. The van der Waals surface area contributed by atoms with Crippen LogP contribution in [0.15, 0.2) is 24.3 Å². The highest BCUT2D eigenvalue weighted by Gasteiger charge is 2.23. The quantitative estimate of drug-likeness (QED) is 0.771. The summed E-state index contributed by atoms with van der Waals surface area (Å²) in [6.07, 6.45) is 0.519. The molecule has 27 heavy (non-hydrogen) atoms. The molecule has 1 aliphatic heterocycles. The summed E-state index contributed by atoms with van der Waals surface area (Å²) in [5, 5.41) is 0.669. The van der Waals surface area contributed by atoms with Crippen molar-refractivity contribution in [1.29, 1.82) is 0 Å². The molecule has 1 aromatic carbocycles. The average Bonchev–Trinajstić information content (AvgIpc) is 3.12. The number of carbonyl (C=O) groups excluding carboxylic acids is 2. The van der Waals surface area contributed by atoms with Crippen LogP contribution in [0.4, 0.5) is 9.52 Å². The number of piperazine rings is 1. The third kappa shape index (κ3) is 5.00. The minimum atomic E-state index is -0.270. The molecule has 0 atom stereocenters. The predicted octanol–water partition coefficient (Wildman–Crippen LogP) is 1.39. The molecule has 3 rings (SSSR count). The summed E-state index contributed by atoms with van der Waals surface area (Å²) in [6.45, 7) is 4.02. The van der Waals surface area contributed by atoms with Crippen molar-refractivity contribution in [2.24, 2.45) is 0 Å². The summed E-state index contributed by atoms with van der Waals surface area (Å²) in [7, 11) is 1.81. The summed E-state index contributed by atoms with van der Waals surface area (Å²) in [5.41, 5.74) is 0.933. The lowest BCUT2D eigenvalue weighted by Crippen LogP contribution is -2.52. The summed E-state index contributed by atoms with van der Waals surface area (Å²) >= 11 is 1.24. The largest absolute Gasteiger partial charge is 0.341 e. The lowest BCUT2D eigenvalue weighted by atomic mass is 10.1. The van der Waals surface area contributed by atoms with E-state index in [-0.39, 0.29) is 24.2 Å². The molecule has 2 amide bonds. The number of benzene rings is 1. The van der Waals surface area contributed by atoms with E-state index in [1.165, 1.54) is 23.7 Å². The molecule has 9 heteroatoms. The molecule has 1 fully saturated rings. The van der Waals surface area contributed by atoms with Crippen LogP contribution in [0.1, 0.15) is 18.3 Å². The molecule has 7 nitrogen and oxygen atoms in total. The van der Waals surface area contributed by atoms with Gasteiger partial charge in [0.2, 0.25) is 16.9 Å². The maximum absolute atomic E-state index is 13.0. The topological polar surface area (TPSA) is 69.6 Å². The number of hydrogen-bond donors (Lipinski definition) is 0. The number of carbonyl (C=O) groups is 2. The first-order valence-corrected chi connectivity index (χ1v) is 9.51. The lowest BCUT2D eigenvalue weighted by Gasteiger charge is -2.34. The molecular formula is C18H22FN5O2S. The average molecular weight is 391 g/mol. The van der Waals surface area contributed by atoms with Crippen molar-refractivity contribution in [1.82, 2.24) is 19.2 Å². The van der Waals surface area contributed by atoms with Crippen LogP contribution in [0.3, 0.4) is 0 Å². The van der Waals surface area contributed by atoms with E-state index in [0.29, 0.717) is 43.6 Å².